The average molecular weight is 541 g/mol. The molecule has 2 fully saturated rings. The predicted octanol–water partition coefficient (Wildman–Crippen LogP) is 3.85. The lowest BCUT2D eigenvalue weighted by atomic mass is 9.82. The average Bonchev–Trinajstić information content (AvgIpc) is 2.96. The normalized spacial score (nSPS) is 21.4. The molecular formula is C28H28F4N6O. The fraction of sp³-hybridized carbons (Fsp3) is 0.393. The van der Waals surface area contributed by atoms with Crippen LogP contribution in [0.15, 0.2) is 61.1 Å². The van der Waals surface area contributed by atoms with Crippen LogP contribution in [0.1, 0.15) is 11.1 Å². The number of fused-ring (bicyclic) bond motifs is 3. The van der Waals surface area contributed by atoms with Crippen LogP contribution in [0.3, 0.4) is 0 Å². The zero-order valence-electron chi connectivity index (χ0n) is 21.2. The summed E-state index contributed by atoms with van der Waals surface area (Å²) in [5.41, 5.74) is 1.09. The molecule has 0 N–H and O–H groups in total. The second-order valence-electron chi connectivity index (χ2n) is 10.2. The summed E-state index contributed by atoms with van der Waals surface area (Å²) >= 11 is 0. The van der Waals surface area contributed by atoms with Crippen molar-refractivity contribution in [3.05, 3.63) is 78.0 Å². The summed E-state index contributed by atoms with van der Waals surface area (Å²) < 4.78 is 54.9. The molecule has 3 aliphatic rings. The van der Waals surface area contributed by atoms with E-state index in [1.165, 1.54) is 18.2 Å². The highest BCUT2D eigenvalue weighted by Gasteiger charge is 2.44. The predicted molar refractivity (Wildman–Crippen MR) is 139 cm³/mol. The van der Waals surface area contributed by atoms with Gasteiger partial charge in [-0.15, -0.1) is 0 Å². The van der Waals surface area contributed by atoms with Crippen molar-refractivity contribution in [2.45, 2.75) is 18.6 Å². The number of aromatic nitrogens is 2. The van der Waals surface area contributed by atoms with E-state index >= 15 is 0 Å². The Hall–Kier alpha value is -3.89. The van der Waals surface area contributed by atoms with E-state index in [0.717, 1.165) is 11.8 Å². The fourth-order valence-electron chi connectivity index (χ4n) is 6.06. The molecule has 1 aromatic heterocycles. The van der Waals surface area contributed by atoms with Crippen LogP contribution in [0.25, 0.3) is 0 Å². The second kappa shape index (κ2) is 10.0. The Labute approximate surface area is 223 Å². The molecule has 0 saturated carbocycles. The highest BCUT2D eigenvalue weighted by molar-refractivity contribution is 5.83. The number of carbonyl (C=O) groups excluding carboxylic acids is 1. The Morgan fingerprint density at radius 1 is 0.897 bits per heavy atom. The first-order valence-corrected chi connectivity index (χ1v) is 13.1. The van der Waals surface area contributed by atoms with E-state index in [4.69, 9.17) is 0 Å². The Kier molecular flexibility index (Phi) is 6.52. The van der Waals surface area contributed by atoms with Crippen LogP contribution in [0, 0.1) is 11.7 Å². The zero-order valence-corrected chi connectivity index (χ0v) is 21.2. The Morgan fingerprint density at radius 2 is 1.67 bits per heavy atom. The number of rotatable bonds is 3. The molecule has 6 rings (SSSR count). The van der Waals surface area contributed by atoms with Crippen molar-refractivity contribution in [1.82, 2.24) is 14.9 Å². The van der Waals surface area contributed by atoms with Gasteiger partial charge in [0.15, 0.2) is 0 Å². The van der Waals surface area contributed by atoms with Gasteiger partial charge >= 0.3 is 6.18 Å². The monoisotopic (exact) mass is 540 g/mol. The fourth-order valence-corrected chi connectivity index (χ4v) is 6.06. The van der Waals surface area contributed by atoms with Gasteiger partial charge in [-0.25, -0.2) is 9.37 Å². The summed E-state index contributed by atoms with van der Waals surface area (Å²) in [7, 11) is 0. The largest absolute Gasteiger partial charge is 0.416 e. The molecule has 2 aromatic carbocycles. The van der Waals surface area contributed by atoms with Gasteiger partial charge in [0.1, 0.15) is 11.6 Å². The molecule has 39 heavy (non-hydrogen) atoms. The van der Waals surface area contributed by atoms with Crippen molar-refractivity contribution in [2.75, 3.05) is 60.5 Å². The number of carbonyl (C=O) groups is 1. The summed E-state index contributed by atoms with van der Waals surface area (Å²) in [6.07, 6.45) is 0.664. The van der Waals surface area contributed by atoms with Gasteiger partial charge in [0.25, 0.3) is 0 Å². The van der Waals surface area contributed by atoms with E-state index in [1.807, 2.05) is 4.90 Å². The topological polar surface area (TPSA) is 55.8 Å². The number of anilines is 3. The van der Waals surface area contributed by atoms with E-state index in [-0.39, 0.29) is 24.2 Å². The van der Waals surface area contributed by atoms with E-state index in [2.05, 4.69) is 19.8 Å². The zero-order chi connectivity index (χ0) is 27.1. The molecule has 11 heteroatoms. The third-order valence-corrected chi connectivity index (χ3v) is 8.01. The Balaban J connectivity index is 1.27. The summed E-state index contributed by atoms with van der Waals surface area (Å²) in [5, 5.41) is 0. The number of halogens is 4. The van der Waals surface area contributed by atoms with Crippen LogP contribution in [0.4, 0.5) is 34.8 Å². The van der Waals surface area contributed by atoms with Crippen LogP contribution in [0.5, 0.6) is 0 Å². The molecule has 0 spiro atoms. The van der Waals surface area contributed by atoms with Crippen molar-refractivity contribution < 1.29 is 22.4 Å². The maximum Gasteiger partial charge on any atom is 0.416 e. The molecule has 1 amide bonds. The van der Waals surface area contributed by atoms with Crippen molar-refractivity contribution in [2.24, 2.45) is 5.92 Å². The first kappa shape index (κ1) is 25.4. The third-order valence-electron chi connectivity index (χ3n) is 8.01. The van der Waals surface area contributed by atoms with E-state index in [1.54, 1.807) is 41.7 Å². The Morgan fingerprint density at radius 3 is 2.38 bits per heavy atom. The minimum atomic E-state index is -4.46. The van der Waals surface area contributed by atoms with Gasteiger partial charge in [0, 0.05) is 63.9 Å². The van der Waals surface area contributed by atoms with E-state index in [0.29, 0.717) is 62.9 Å². The lowest BCUT2D eigenvalue weighted by Gasteiger charge is -2.50. The molecule has 2 saturated heterocycles. The summed E-state index contributed by atoms with van der Waals surface area (Å²) in [6.45, 7) is 3.45. The van der Waals surface area contributed by atoms with Crippen LogP contribution < -0.4 is 14.7 Å². The highest BCUT2D eigenvalue weighted by Crippen LogP contribution is 2.40. The number of para-hydroxylation sites is 1. The standard InChI is InChI=1S/C28H28F4N6O/c29-22-3-1-2-4-24(22)35-9-11-36(12-10-35)27(39)21-16-19-15-20(28(30,31)32)5-6-23(19)38-14-13-37(18-25(21)38)26-17-33-7-8-34-26/h1-8,15,17,21,25H,9-14,16,18H2. The van der Waals surface area contributed by atoms with Crippen molar-refractivity contribution >= 4 is 23.1 Å². The molecular weight excluding hydrogens is 512 g/mol. The number of nitrogens with zero attached hydrogens (tertiary/aromatic N) is 6. The van der Waals surface area contributed by atoms with Crippen LogP contribution in [0.2, 0.25) is 0 Å². The molecule has 2 atom stereocenters. The Bertz CT molecular complexity index is 1350. The van der Waals surface area contributed by atoms with Gasteiger partial charge < -0.3 is 19.6 Å². The molecule has 0 aliphatic carbocycles. The summed E-state index contributed by atoms with van der Waals surface area (Å²) in [6, 6.07) is 10.2. The maximum atomic E-state index is 14.3. The van der Waals surface area contributed by atoms with Gasteiger partial charge in [-0.3, -0.25) is 9.78 Å². The van der Waals surface area contributed by atoms with Crippen LogP contribution >= 0.6 is 0 Å². The molecule has 204 valence electrons. The second-order valence-corrected chi connectivity index (χ2v) is 10.2. The quantitative estimate of drug-likeness (QED) is 0.471. The first-order valence-electron chi connectivity index (χ1n) is 13.1. The molecule has 0 bridgehead atoms. The van der Waals surface area contributed by atoms with Gasteiger partial charge in [0.2, 0.25) is 5.91 Å². The first-order chi connectivity index (χ1) is 18.8. The minimum absolute atomic E-state index is 0.0813. The van der Waals surface area contributed by atoms with Gasteiger partial charge in [0.05, 0.1) is 29.4 Å². The number of alkyl halides is 3. The number of benzene rings is 2. The summed E-state index contributed by atoms with van der Waals surface area (Å²) in [5.74, 6) is -0.202. The van der Waals surface area contributed by atoms with Crippen molar-refractivity contribution in [3.63, 3.8) is 0 Å². The van der Waals surface area contributed by atoms with Crippen LogP contribution in [-0.2, 0) is 17.4 Å². The number of piperazine rings is 2. The number of hydrogen-bond acceptors (Lipinski definition) is 6. The maximum absolute atomic E-state index is 14.3. The lowest BCUT2D eigenvalue weighted by Crippen LogP contribution is -2.62. The number of hydrogen-bond donors (Lipinski definition) is 0. The van der Waals surface area contributed by atoms with Crippen molar-refractivity contribution in [1.29, 1.82) is 0 Å². The SMILES string of the molecule is O=C(C1Cc2cc(C(F)(F)F)ccc2N2CCN(c3cnccn3)CC12)N1CCN(c2ccccc2F)CC1. The molecule has 2 unspecified atom stereocenters. The molecule has 3 aromatic rings. The van der Waals surface area contributed by atoms with Gasteiger partial charge in [-0.05, 0) is 42.3 Å². The molecule has 3 aliphatic heterocycles. The van der Waals surface area contributed by atoms with Crippen molar-refractivity contribution in [3.8, 4) is 0 Å². The third kappa shape index (κ3) is 4.86. The van der Waals surface area contributed by atoms with E-state index < -0.39 is 17.7 Å². The summed E-state index contributed by atoms with van der Waals surface area (Å²) in [4.78, 5) is 30.4. The molecule has 7 nitrogen and oxygen atoms in total. The van der Waals surface area contributed by atoms with Crippen LogP contribution in [-0.4, -0.2) is 72.6 Å². The lowest BCUT2D eigenvalue weighted by molar-refractivity contribution is -0.137. The molecule has 0 radical (unpaired) electrons. The van der Waals surface area contributed by atoms with E-state index in [9.17, 15) is 22.4 Å². The minimum Gasteiger partial charge on any atom is -0.366 e. The van der Waals surface area contributed by atoms with Gasteiger partial charge in [-0.2, -0.15) is 13.2 Å². The molecule has 4 heterocycles. The number of amides is 1. The highest BCUT2D eigenvalue weighted by atomic mass is 19.4. The van der Waals surface area contributed by atoms with Gasteiger partial charge in [-0.1, -0.05) is 12.1 Å². The smallest absolute Gasteiger partial charge is 0.366 e.